The fourth-order valence-corrected chi connectivity index (χ4v) is 2.84. The van der Waals surface area contributed by atoms with Gasteiger partial charge in [0, 0.05) is 12.1 Å². The molecule has 126 valence electrons. The molecule has 0 aliphatic carbocycles. The molecule has 0 aliphatic heterocycles. The minimum absolute atomic E-state index is 0.0911. The highest BCUT2D eigenvalue weighted by molar-refractivity contribution is 5.81. The largest absolute Gasteiger partial charge is 0.449 e. The number of aromatic nitrogens is 2. The third-order valence-corrected chi connectivity index (χ3v) is 3.60. The number of carbonyl (C=O) groups excluding carboxylic acids is 1. The highest BCUT2D eigenvalue weighted by Gasteiger charge is 2.38. The van der Waals surface area contributed by atoms with Crippen molar-refractivity contribution in [1.82, 2.24) is 14.5 Å². The van der Waals surface area contributed by atoms with Crippen molar-refractivity contribution in [1.29, 1.82) is 0 Å². The topological polar surface area (TPSA) is 38.1 Å². The summed E-state index contributed by atoms with van der Waals surface area (Å²) in [5.41, 5.74) is 0.536. The first kappa shape index (κ1) is 17.3. The smallest absolute Gasteiger partial charge is 0.336 e. The number of amides is 1. The minimum Gasteiger partial charge on any atom is -0.336 e. The summed E-state index contributed by atoms with van der Waals surface area (Å²) < 4.78 is 40.7. The lowest BCUT2D eigenvalue weighted by Gasteiger charge is -2.31. The van der Waals surface area contributed by atoms with E-state index in [0.717, 1.165) is 4.57 Å². The Morgan fingerprint density at radius 2 is 1.74 bits per heavy atom. The van der Waals surface area contributed by atoms with Crippen molar-refractivity contribution in [2.24, 2.45) is 0 Å². The third-order valence-electron chi connectivity index (χ3n) is 3.60. The van der Waals surface area contributed by atoms with Gasteiger partial charge in [0.1, 0.15) is 6.54 Å². The normalized spacial score (nSPS) is 12.4. The van der Waals surface area contributed by atoms with Gasteiger partial charge in [-0.25, -0.2) is 4.98 Å². The van der Waals surface area contributed by atoms with Gasteiger partial charge >= 0.3 is 6.18 Å². The summed E-state index contributed by atoms with van der Waals surface area (Å²) >= 11 is 0. The second-order valence-corrected chi connectivity index (χ2v) is 6.00. The van der Waals surface area contributed by atoms with E-state index in [1.54, 1.807) is 23.1 Å². The molecule has 0 unspecified atom stereocenters. The average Bonchev–Trinajstić information content (AvgIpc) is 2.77. The zero-order valence-corrected chi connectivity index (χ0v) is 13.6. The van der Waals surface area contributed by atoms with Crippen LogP contribution in [-0.2, 0) is 17.5 Å². The lowest BCUT2D eigenvalue weighted by atomic mass is 10.2. The molecule has 0 N–H and O–H groups in total. The second-order valence-electron chi connectivity index (χ2n) is 6.00. The van der Waals surface area contributed by atoms with Gasteiger partial charge in [-0.05, 0) is 39.8 Å². The predicted molar refractivity (Wildman–Crippen MR) is 81.9 cm³/mol. The molecule has 0 radical (unpaired) electrons. The molecule has 1 amide bonds. The Hall–Kier alpha value is -2.05. The Bertz CT molecular complexity index is 696. The van der Waals surface area contributed by atoms with E-state index in [1.165, 1.54) is 6.07 Å². The Morgan fingerprint density at radius 3 is 2.26 bits per heavy atom. The Balaban J connectivity index is 2.48. The number of hydrogen-bond acceptors (Lipinski definition) is 2. The van der Waals surface area contributed by atoms with Crippen LogP contribution in [0.25, 0.3) is 11.0 Å². The van der Waals surface area contributed by atoms with Crippen LogP contribution in [-0.4, -0.2) is 32.4 Å². The van der Waals surface area contributed by atoms with Crippen LogP contribution >= 0.6 is 0 Å². The van der Waals surface area contributed by atoms with Crippen LogP contribution in [0.4, 0.5) is 13.2 Å². The van der Waals surface area contributed by atoms with Crippen LogP contribution in [0.15, 0.2) is 24.3 Å². The summed E-state index contributed by atoms with van der Waals surface area (Å²) in [6.07, 6.45) is -4.61. The molecule has 0 aliphatic rings. The van der Waals surface area contributed by atoms with Gasteiger partial charge in [0.25, 0.3) is 0 Å². The number of fused-ring (bicyclic) bond motifs is 1. The van der Waals surface area contributed by atoms with Crippen molar-refractivity contribution in [3.8, 4) is 0 Å². The van der Waals surface area contributed by atoms with E-state index < -0.39 is 12.0 Å². The quantitative estimate of drug-likeness (QED) is 0.859. The molecule has 0 spiro atoms. The number of imidazole rings is 1. The summed E-state index contributed by atoms with van der Waals surface area (Å²) in [6, 6.07) is 6.12. The first-order valence-electron chi connectivity index (χ1n) is 7.46. The molecule has 4 nitrogen and oxygen atoms in total. The van der Waals surface area contributed by atoms with E-state index in [1.807, 2.05) is 27.7 Å². The minimum atomic E-state index is -4.61. The Labute approximate surface area is 132 Å². The van der Waals surface area contributed by atoms with Crippen molar-refractivity contribution in [3.63, 3.8) is 0 Å². The molecule has 0 saturated carbocycles. The maximum atomic E-state index is 13.2. The molecular weight excluding hydrogens is 307 g/mol. The van der Waals surface area contributed by atoms with Crippen LogP contribution in [0.2, 0.25) is 0 Å². The van der Waals surface area contributed by atoms with Crippen LogP contribution in [0, 0.1) is 0 Å². The average molecular weight is 327 g/mol. The first-order valence-corrected chi connectivity index (χ1v) is 7.46. The maximum Gasteiger partial charge on any atom is 0.449 e. The molecule has 1 aromatic heterocycles. The van der Waals surface area contributed by atoms with Gasteiger partial charge in [-0.2, -0.15) is 13.2 Å². The van der Waals surface area contributed by atoms with Gasteiger partial charge in [-0.1, -0.05) is 12.1 Å². The molecule has 1 heterocycles. The fourth-order valence-electron chi connectivity index (χ4n) is 2.84. The molecule has 1 aromatic carbocycles. The van der Waals surface area contributed by atoms with Crippen LogP contribution in [0.1, 0.15) is 33.5 Å². The summed E-state index contributed by atoms with van der Waals surface area (Å²) in [4.78, 5) is 17.8. The summed E-state index contributed by atoms with van der Waals surface area (Å²) in [7, 11) is 0. The lowest BCUT2D eigenvalue weighted by Crippen LogP contribution is -2.44. The van der Waals surface area contributed by atoms with E-state index in [-0.39, 0.29) is 30.1 Å². The Morgan fingerprint density at radius 1 is 1.17 bits per heavy atom. The highest BCUT2D eigenvalue weighted by Crippen LogP contribution is 2.31. The van der Waals surface area contributed by atoms with Crippen molar-refractivity contribution in [2.45, 2.75) is 52.5 Å². The molecule has 0 saturated heterocycles. The molecule has 23 heavy (non-hydrogen) atoms. The predicted octanol–water partition coefficient (Wildman–Crippen LogP) is 3.70. The molecule has 2 aromatic rings. The number of carbonyl (C=O) groups is 1. The van der Waals surface area contributed by atoms with Crippen LogP contribution in [0.3, 0.4) is 0 Å². The van der Waals surface area contributed by atoms with Crippen LogP contribution < -0.4 is 0 Å². The maximum absolute atomic E-state index is 13.2. The van der Waals surface area contributed by atoms with Crippen molar-refractivity contribution in [3.05, 3.63) is 30.1 Å². The molecule has 0 fully saturated rings. The van der Waals surface area contributed by atoms with Crippen LogP contribution in [0.5, 0.6) is 0 Å². The monoisotopic (exact) mass is 327 g/mol. The number of alkyl halides is 3. The van der Waals surface area contributed by atoms with Crippen molar-refractivity contribution in [2.75, 3.05) is 0 Å². The molecular formula is C16H20F3N3O. The zero-order valence-electron chi connectivity index (χ0n) is 13.6. The Kier molecular flexibility index (Phi) is 4.68. The standard InChI is InChI=1S/C16H20F3N3O/c1-10(2)22(11(3)4)14(23)9-21-13-8-6-5-7-12(13)20-15(21)16(17,18)19/h5-8,10-11H,9H2,1-4H3. The number of rotatable bonds is 4. The van der Waals surface area contributed by atoms with Gasteiger partial charge in [0.2, 0.25) is 11.7 Å². The first-order chi connectivity index (χ1) is 10.6. The summed E-state index contributed by atoms with van der Waals surface area (Å²) in [5, 5.41) is 0. The van der Waals surface area contributed by atoms with Gasteiger partial charge in [0.05, 0.1) is 11.0 Å². The van der Waals surface area contributed by atoms with E-state index in [2.05, 4.69) is 4.98 Å². The number of nitrogens with zero attached hydrogens (tertiary/aromatic N) is 3. The number of benzene rings is 1. The number of halogens is 3. The lowest BCUT2D eigenvalue weighted by molar-refractivity contribution is -0.148. The van der Waals surface area contributed by atoms with Gasteiger partial charge in [0.15, 0.2) is 0 Å². The summed E-state index contributed by atoms with van der Waals surface area (Å²) in [6.45, 7) is 6.98. The fraction of sp³-hybridized carbons (Fsp3) is 0.500. The van der Waals surface area contributed by atoms with E-state index in [0.29, 0.717) is 5.52 Å². The van der Waals surface area contributed by atoms with E-state index in [4.69, 9.17) is 0 Å². The molecule has 0 bridgehead atoms. The zero-order chi connectivity index (χ0) is 17.4. The second kappa shape index (κ2) is 6.22. The van der Waals surface area contributed by atoms with E-state index in [9.17, 15) is 18.0 Å². The number of para-hydroxylation sites is 2. The van der Waals surface area contributed by atoms with Gasteiger partial charge in [-0.3, -0.25) is 4.79 Å². The van der Waals surface area contributed by atoms with E-state index >= 15 is 0 Å². The molecule has 2 rings (SSSR count). The molecule has 7 heteroatoms. The van der Waals surface area contributed by atoms with Crippen molar-refractivity contribution >= 4 is 16.9 Å². The highest BCUT2D eigenvalue weighted by atomic mass is 19.4. The van der Waals surface area contributed by atoms with Gasteiger partial charge in [-0.15, -0.1) is 0 Å². The number of hydrogen-bond donors (Lipinski definition) is 0. The SMILES string of the molecule is CC(C)N(C(=O)Cn1c(C(F)(F)F)nc2ccccc21)C(C)C. The summed E-state index contributed by atoms with van der Waals surface area (Å²) in [5.74, 6) is -1.40. The van der Waals surface area contributed by atoms with Gasteiger partial charge < -0.3 is 9.47 Å². The van der Waals surface area contributed by atoms with Crippen molar-refractivity contribution < 1.29 is 18.0 Å². The third kappa shape index (κ3) is 3.48. The molecule has 0 atom stereocenters.